The first-order valence-corrected chi connectivity index (χ1v) is 8.47. The van der Waals surface area contributed by atoms with Crippen LogP contribution in [0.25, 0.3) is 0 Å². The molecule has 0 saturated carbocycles. The van der Waals surface area contributed by atoms with Crippen molar-refractivity contribution < 1.29 is 4.79 Å². The molecule has 0 aliphatic rings. The maximum absolute atomic E-state index is 12.2. The smallest absolute Gasteiger partial charge is 0.257 e. The number of carbonyl (C=O) groups excluding carboxylic acids is 1. The molecule has 2 rings (SSSR count). The van der Waals surface area contributed by atoms with E-state index in [-0.39, 0.29) is 5.91 Å². The van der Waals surface area contributed by atoms with Gasteiger partial charge in [-0.3, -0.25) is 4.79 Å². The van der Waals surface area contributed by atoms with Crippen molar-refractivity contribution >= 4 is 54.8 Å². The Morgan fingerprint density at radius 1 is 1.38 bits per heavy atom. The van der Waals surface area contributed by atoms with Gasteiger partial charge in [-0.25, -0.2) is 0 Å². The van der Waals surface area contributed by atoms with Crippen molar-refractivity contribution in [3.8, 4) is 11.8 Å². The summed E-state index contributed by atoms with van der Waals surface area (Å²) >= 11 is 8.21. The molecule has 1 aromatic heterocycles. The SMILES string of the molecule is Cc1ccc(NC(=O)c2cc(Br)sc2Br)cc1C#CCN. The van der Waals surface area contributed by atoms with Crippen LogP contribution in [0.1, 0.15) is 21.5 Å². The number of amides is 1. The van der Waals surface area contributed by atoms with E-state index < -0.39 is 0 Å². The Morgan fingerprint density at radius 3 is 2.76 bits per heavy atom. The van der Waals surface area contributed by atoms with Crippen LogP contribution in [0.5, 0.6) is 0 Å². The minimum absolute atomic E-state index is 0.162. The van der Waals surface area contributed by atoms with Gasteiger partial charge in [0.1, 0.15) is 0 Å². The largest absolute Gasteiger partial charge is 0.322 e. The molecule has 0 spiro atoms. The summed E-state index contributed by atoms with van der Waals surface area (Å²) in [5, 5.41) is 2.87. The molecule has 0 unspecified atom stereocenters. The van der Waals surface area contributed by atoms with Crippen molar-refractivity contribution in [2.45, 2.75) is 6.92 Å². The number of rotatable bonds is 2. The second-order valence-corrected chi connectivity index (χ2v) is 7.98. The van der Waals surface area contributed by atoms with Crippen LogP contribution >= 0.6 is 43.2 Å². The molecule has 0 aliphatic heterocycles. The number of hydrogen-bond donors (Lipinski definition) is 2. The first-order valence-electron chi connectivity index (χ1n) is 6.07. The molecule has 21 heavy (non-hydrogen) atoms. The van der Waals surface area contributed by atoms with Crippen LogP contribution in [0, 0.1) is 18.8 Å². The lowest BCUT2D eigenvalue weighted by Crippen LogP contribution is -2.11. The Kier molecular flexibility index (Phi) is 5.59. The normalized spacial score (nSPS) is 9.90. The molecule has 108 valence electrons. The van der Waals surface area contributed by atoms with Gasteiger partial charge in [-0.15, -0.1) is 11.3 Å². The van der Waals surface area contributed by atoms with Gasteiger partial charge in [0.05, 0.1) is 19.7 Å². The highest BCUT2D eigenvalue weighted by atomic mass is 79.9. The molecule has 1 amide bonds. The molecular weight excluding hydrogens is 416 g/mol. The lowest BCUT2D eigenvalue weighted by atomic mass is 10.1. The van der Waals surface area contributed by atoms with Crippen LogP contribution in [-0.4, -0.2) is 12.5 Å². The average Bonchev–Trinajstić information content (AvgIpc) is 2.78. The van der Waals surface area contributed by atoms with Gasteiger partial charge in [0, 0.05) is 11.3 Å². The maximum Gasteiger partial charge on any atom is 0.257 e. The highest BCUT2D eigenvalue weighted by Crippen LogP contribution is 2.32. The molecule has 6 heteroatoms. The van der Waals surface area contributed by atoms with Crippen molar-refractivity contribution in [1.29, 1.82) is 0 Å². The zero-order valence-corrected chi connectivity index (χ0v) is 15.2. The summed E-state index contributed by atoms with van der Waals surface area (Å²) in [5.74, 6) is 5.66. The molecule has 0 radical (unpaired) electrons. The number of halogens is 2. The van der Waals surface area contributed by atoms with E-state index in [9.17, 15) is 4.79 Å². The molecule has 2 aromatic rings. The fourth-order valence-corrected chi connectivity index (χ4v) is 4.47. The van der Waals surface area contributed by atoms with Gasteiger partial charge in [-0.05, 0) is 62.5 Å². The van der Waals surface area contributed by atoms with Crippen molar-refractivity contribution in [1.82, 2.24) is 0 Å². The van der Waals surface area contributed by atoms with Crippen LogP contribution in [0.15, 0.2) is 31.8 Å². The van der Waals surface area contributed by atoms with Gasteiger partial charge < -0.3 is 11.1 Å². The number of hydrogen-bond acceptors (Lipinski definition) is 3. The fraction of sp³-hybridized carbons (Fsp3) is 0.133. The third-order valence-corrected chi connectivity index (χ3v) is 5.06. The Morgan fingerprint density at radius 2 is 2.14 bits per heavy atom. The van der Waals surface area contributed by atoms with E-state index in [4.69, 9.17) is 5.73 Å². The standard InChI is InChI=1S/C15H12Br2N2OS/c1-9-4-5-11(7-10(9)3-2-6-18)19-15(20)12-8-13(16)21-14(12)17/h4-5,7-8H,6,18H2,1H3,(H,19,20). The second-order valence-electron chi connectivity index (χ2n) is 4.23. The summed E-state index contributed by atoms with van der Waals surface area (Å²) in [7, 11) is 0. The highest BCUT2D eigenvalue weighted by molar-refractivity contribution is 9.12. The van der Waals surface area contributed by atoms with Crippen LogP contribution in [0.3, 0.4) is 0 Å². The zero-order valence-electron chi connectivity index (χ0n) is 11.2. The number of anilines is 1. The molecule has 3 nitrogen and oxygen atoms in total. The summed E-state index contributed by atoms with van der Waals surface area (Å²) in [6.07, 6.45) is 0. The molecule has 0 atom stereocenters. The van der Waals surface area contributed by atoms with Crippen LogP contribution in [-0.2, 0) is 0 Å². The number of nitrogens with two attached hydrogens (primary N) is 1. The number of thiophene rings is 1. The van der Waals surface area contributed by atoms with Crippen LogP contribution < -0.4 is 11.1 Å². The van der Waals surface area contributed by atoms with Gasteiger partial charge in [-0.1, -0.05) is 17.9 Å². The predicted molar refractivity (Wildman–Crippen MR) is 94.8 cm³/mol. The number of aryl methyl sites for hydroxylation is 1. The van der Waals surface area contributed by atoms with E-state index in [1.165, 1.54) is 11.3 Å². The molecule has 1 heterocycles. The monoisotopic (exact) mass is 426 g/mol. The summed E-state index contributed by atoms with van der Waals surface area (Å²) in [6.45, 7) is 2.28. The van der Waals surface area contributed by atoms with Crippen LogP contribution in [0.2, 0.25) is 0 Å². The van der Waals surface area contributed by atoms with Crippen molar-refractivity contribution in [2.24, 2.45) is 5.73 Å². The lowest BCUT2D eigenvalue weighted by Gasteiger charge is -2.06. The third kappa shape index (κ3) is 4.17. The Labute approximate surface area is 144 Å². The first-order chi connectivity index (χ1) is 10.0. The van der Waals surface area contributed by atoms with Crippen molar-refractivity contribution in [3.05, 3.63) is 48.5 Å². The quantitative estimate of drug-likeness (QED) is 0.707. The zero-order chi connectivity index (χ0) is 15.4. The van der Waals surface area contributed by atoms with Gasteiger partial charge in [-0.2, -0.15) is 0 Å². The Hall–Kier alpha value is -1.13. The molecule has 0 aliphatic carbocycles. The first kappa shape index (κ1) is 16.2. The molecule has 1 aromatic carbocycles. The van der Waals surface area contributed by atoms with Crippen molar-refractivity contribution in [3.63, 3.8) is 0 Å². The topological polar surface area (TPSA) is 55.1 Å². The minimum Gasteiger partial charge on any atom is -0.322 e. The third-order valence-electron chi connectivity index (χ3n) is 2.72. The number of benzene rings is 1. The Bertz CT molecular complexity index is 744. The summed E-state index contributed by atoms with van der Waals surface area (Å²) in [4.78, 5) is 12.2. The van der Waals surface area contributed by atoms with Crippen LogP contribution in [0.4, 0.5) is 5.69 Å². The summed E-state index contributed by atoms with van der Waals surface area (Å²) < 4.78 is 1.69. The molecule has 0 bridgehead atoms. The molecule has 0 saturated heterocycles. The summed E-state index contributed by atoms with van der Waals surface area (Å²) in [5.41, 5.74) is 8.61. The van der Waals surface area contributed by atoms with Gasteiger partial charge in [0.15, 0.2) is 0 Å². The van der Waals surface area contributed by atoms with E-state index in [0.717, 1.165) is 18.7 Å². The van der Waals surface area contributed by atoms with E-state index >= 15 is 0 Å². The lowest BCUT2D eigenvalue weighted by molar-refractivity contribution is 0.102. The average molecular weight is 428 g/mol. The van der Waals surface area contributed by atoms with E-state index in [1.807, 2.05) is 25.1 Å². The van der Waals surface area contributed by atoms with Gasteiger partial charge in [0.2, 0.25) is 0 Å². The highest BCUT2D eigenvalue weighted by Gasteiger charge is 2.14. The molecular formula is C15H12Br2N2OS. The fourth-order valence-electron chi connectivity index (χ4n) is 1.67. The van der Waals surface area contributed by atoms with E-state index in [0.29, 0.717) is 17.8 Å². The Balaban J connectivity index is 2.23. The van der Waals surface area contributed by atoms with Crippen molar-refractivity contribution in [2.75, 3.05) is 11.9 Å². The van der Waals surface area contributed by atoms with Gasteiger partial charge in [0.25, 0.3) is 5.91 Å². The summed E-state index contributed by atoms with van der Waals surface area (Å²) in [6, 6.07) is 7.42. The maximum atomic E-state index is 12.2. The minimum atomic E-state index is -0.162. The predicted octanol–water partition coefficient (Wildman–Crippen LogP) is 4.14. The molecule has 0 fully saturated rings. The number of nitrogens with one attached hydrogen (secondary N) is 1. The van der Waals surface area contributed by atoms with Gasteiger partial charge >= 0.3 is 0 Å². The van der Waals surface area contributed by atoms with E-state index in [2.05, 4.69) is 49.0 Å². The number of carbonyl (C=O) groups is 1. The van der Waals surface area contributed by atoms with E-state index in [1.54, 1.807) is 6.07 Å². The molecule has 3 N–H and O–H groups in total. The second kappa shape index (κ2) is 7.23.